The number of anilines is 4. The fraction of sp³-hybridized carbons (Fsp3) is 0.258. The van der Waals surface area contributed by atoms with Gasteiger partial charge in [-0.05, 0) is 144 Å². The van der Waals surface area contributed by atoms with Gasteiger partial charge in [0, 0.05) is 61.0 Å². The van der Waals surface area contributed by atoms with E-state index in [1.165, 1.54) is 69.4 Å². The van der Waals surface area contributed by atoms with E-state index in [1.54, 1.807) is 0 Å². The fourth-order valence-electron chi connectivity index (χ4n) is 10.5. The topological polar surface area (TPSA) is 83.1 Å². The number of ether oxygens (including phenoxy) is 2. The van der Waals surface area contributed by atoms with Gasteiger partial charge in [0.25, 0.3) is 0 Å². The normalized spacial score (nSPS) is 16.1. The van der Waals surface area contributed by atoms with Crippen LogP contribution < -0.4 is 20.4 Å². The number of para-hydroxylation sites is 2. The molecule has 2 aliphatic heterocycles. The van der Waals surface area contributed by atoms with Gasteiger partial charge in [0.2, 0.25) is 0 Å². The van der Waals surface area contributed by atoms with E-state index in [9.17, 15) is 9.59 Å². The van der Waals surface area contributed by atoms with Crippen LogP contribution in [0.2, 0.25) is 0 Å². The molecule has 0 fully saturated rings. The molecule has 10 rings (SSSR count). The second-order valence-electron chi connectivity index (χ2n) is 19.0. The molecule has 0 saturated carbocycles. The molecular formula is C62H64N4O4. The molecule has 2 aliphatic rings. The lowest BCUT2D eigenvalue weighted by molar-refractivity contribution is 0.0591. The summed E-state index contributed by atoms with van der Waals surface area (Å²) < 4.78 is 10.0. The van der Waals surface area contributed by atoms with E-state index in [2.05, 4.69) is 180 Å². The summed E-state index contributed by atoms with van der Waals surface area (Å²) >= 11 is 0. The smallest absolute Gasteiger partial charge is 0.338 e. The van der Waals surface area contributed by atoms with Crippen molar-refractivity contribution in [2.75, 3.05) is 50.2 Å². The molecule has 0 spiro atoms. The van der Waals surface area contributed by atoms with Crippen LogP contribution in [0.1, 0.15) is 80.0 Å². The van der Waals surface area contributed by atoms with E-state index in [0.29, 0.717) is 23.0 Å². The average molecular weight is 929 g/mol. The van der Waals surface area contributed by atoms with Crippen LogP contribution in [0, 0.1) is 25.7 Å². The van der Waals surface area contributed by atoms with Crippen molar-refractivity contribution in [3.63, 3.8) is 0 Å². The molecule has 8 nitrogen and oxygen atoms in total. The summed E-state index contributed by atoms with van der Waals surface area (Å²) in [7, 11) is 2.87. The molecule has 356 valence electrons. The zero-order valence-corrected chi connectivity index (χ0v) is 41.2. The van der Waals surface area contributed by atoms with Gasteiger partial charge in [-0.3, -0.25) is 0 Å². The predicted octanol–water partition coefficient (Wildman–Crippen LogP) is 13.2. The Morgan fingerprint density at radius 1 is 0.514 bits per heavy atom. The lowest BCUT2D eigenvalue weighted by Gasteiger charge is -2.37. The Bertz CT molecular complexity index is 2930. The zero-order valence-electron chi connectivity index (χ0n) is 41.2. The Morgan fingerprint density at radius 2 is 0.900 bits per heavy atom. The number of hydrogen-bond acceptors (Lipinski definition) is 8. The van der Waals surface area contributed by atoms with Gasteiger partial charge >= 0.3 is 11.9 Å². The molecular weight excluding hydrogens is 865 g/mol. The highest BCUT2D eigenvalue weighted by molar-refractivity contribution is 5.93. The lowest BCUT2D eigenvalue weighted by atomic mass is 9.91. The maximum Gasteiger partial charge on any atom is 0.338 e. The molecule has 0 bridgehead atoms. The molecule has 4 atom stereocenters. The first-order valence-corrected chi connectivity index (χ1v) is 24.6. The minimum absolute atomic E-state index is 0.247. The SMILES string of the molecule is COC(=O)c1cc(N2C[C@@H](CN[C@H](C)c3cccc4ccccc34)Cc3ccccc32)ccc1C.COC(=O)c1cc(N2C[C@H](CN[C@H](C)c3cccc4ccccc34)Cc3ccccc32)ccc1C. The molecule has 0 amide bonds. The summed E-state index contributed by atoms with van der Waals surface area (Å²) in [4.78, 5) is 29.4. The number of nitrogens with one attached hydrogen (secondary N) is 2. The van der Waals surface area contributed by atoms with Gasteiger partial charge in [-0.1, -0.05) is 133 Å². The van der Waals surface area contributed by atoms with Crippen molar-refractivity contribution < 1.29 is 19.1 Å². The molecule has 0 saturated heterocycles. The zero-order chi connectivity index (χ0) is 48.7. The lowest BCUT2D eigenvalue weighted by Crippen LogP contribution is -2.38. The Hall–Kier alpha value is -7.26. The number of rotatable bonds is 12. The van der Waals surface area contributed by atoms with Crippen LogP contribution in [0.15, 0.2) is 170 Å². The largest absolute Gasteiger partial charge is 0.465 e. The molecule has 8 heteroatoms. The first-order chi connectivity index (χ1) is 34.1. The Balaban J connectivity index is 0.000000174. The van der Waals surface area contributed by atoms with Gasteiger partial charge in [-0.15, -0.1) is 0 Å². The third kappa shape index (κ3) is 10.3. The third-order valence-electron chi connectivity index (χ3n) is 14.3. The van der Waals surface area contributed by atoms with Crippen LogP contribution in [0.25, 0.3) is 21.5 Å². The van der Waals surface area contributed by atoms with Crippen molar-refractivity contribution >= 4 is 56.2 Å². The molecule has 2 heterocycles. The van der Waals surface area contributed by atoms with Crippen molar-refractivity contribution in [3.05, 3.63) is 214 Å². The number of fused-ring (bicyclic) bond motifs is 4. The quantitative estimate of drug-likeness (QED) is 0.117. The van der Waals surface area contributed by atoms with Crippen molar-refractivity contribution in [2.45, 2.75) is 52.6 Å². The second kappa shape index (κ2) is 21.6. The maximum absolute atomic E-state index is 12.3. The number of carbonyl (C=O) groups is 2. The van der Waals surface area contributed by atoms with Crippen LogP contribution >= 0.6 is 0 Å². The number of carbonyl (C=O) groups excluding carboxylic acids is 2. The number of methoxy groups -OCH3 is 2. The highest BCUT2D eigenvalue weighted by Crippen LogP contribution is 2.38. The summed E-state index contributed by atoms with van der Waals surface area (Å²) in [6.07, 6.45) is 2.05. The standard InChI is InChI=1S/2C31H32N2O2/c2*1-21-15-16-26(18-29(21)31(34)35-3)33-20-23(17-25-10-5-7-14-30(25)33)19-32-22(2)27-13-8-11-24-9-4-6-12-28(24)27/h2*4-16,18,22-23,32H,17,19-20H2,1-3H3/t22-,23+;22-,23-/m11/s1. The molecule has 0 aromatic heterocycles. The molecule has 8 aromatic carbocycles. The van der Waals surface area contributed by atoms with Gasteiger partial charge in [-0.25, -0.2) is 9.59 Å². The predicted molar refractivity (Wildman–Crippen MR) is 287 cm³/mol. The Morgan fingerprint density at radius 3 is 1.33 bits per heavy atom. The van der Waals surface area contributed by atoms with E-state index >= 15 is 0 Å². The number of benzene rings is 8. The van der Waals surface area contributed by atoms with Crippen LogP contribution in [-0.4, -0.2) is 52.3 Å². The average Bonchev–Trinajstić information content (AvgIpc) is 3.40. The summed E-state index contributed by atoms with van der Waals surface area (Å²) in [6, 6.07) is 60.1. The van der Waals surface area contributed by atoms with Crippen LogP contribution in [0.3, 0.4) is 0 Å². The number of nitrogens with zero attached hydrogens (tertiary/aromatic N) is 2. The highest BCUT2D eigenvalue weighted by atomic mass is 16.5. The molecule has 0 unspecified atom stereocenters. The molecule has 2 N–H and O–H groups in total. The van der Waals surface area contributed by atoms with E-state index in [4.69, 9.17) is 9.47 Å². The summed E-state index contributed by atoms with van der Waals surface area (Å²) in [5.41, 5.74) is 12.9. The minimum atomic E-state index is -0.295. The third-order valence-corrected chi connectivity index (χ3v) is 14.3. The van der Waals surface area contributed by atoms with E-state index in [0.717, 1.165) is 61.5 Å². The van der Waals surface area contributed by atoms with Crippen LogP contribution in [0.4, 0.5) is 22.7 Å². The Labute approximate surface area is 413 Å². The van der Waals surface area contributed by atoms with Gasteiger partial charge < -0.3 is 29.9 Å². The number of hydrogen-bond donors (Lipinski definition) is 2. The van der Waals surface area contributed by atoms with Crippen molar-refractivity contribution in [2.24, 2.45) is 11.8 Å². The molecule has 70 heavy (non-hydrogen) atoms. The fourth-order valence-corrected chi connectivity index (χ4v) is 10.5. The maximum atomic E-state index is 12.3. The molecule has 0 radical (unpaired) electrons. The first kappa shape index (κ1) is 47.8. The van der Waals surface area contributed by atoms with Gasteiger partial charge in [0.1, 0.15) is 0 Å². The van der Waals surface area contributed by atoms with E-state index in [-0.39, 0.29) is 24.0 Å². The number of esters is 2. The molecule has 0 aliphatic carbocycles. The summed E-state index contributed by atoms with van der Waals surface area (Å²) in [6.45, 7) is 12.0. The highest BCUT2D eigenvalue weighted by Gasteiger charge is 2.29. The van der Waals surface area contributed by atoms with Gasteiger partial charge in [0.15, 0.2) is 0 Å². The summed E-state index contributed by atoms with van der Waals surface area (Å²) in [5, 5.41) is 12.8. The van der Waals surface area contributed by atoms with Crippen molar-refractivity contribution in [1.29, 1.82) is 0 Å². The molecule has 8 aromatic rings. The first-order valence-electron chi connectivity index (χ1n) is 24.6. The number of aryl methyl sites for hydroxylation is 2. The van der Waals surface area contributed by atoms with E-state index in [1.807, 2.05) is 38.1 Å². The van der Waals surface area contributed by atoms with E-state index < -0.39 is 0 Å². The van der Waals surface area contributed by atoms with Gasteiger partial charge in [-0.2, -0.15) is 0 Å². The van der Waals surface area contributed by atoms with Crippen molar-refractivity contribution in [3.8, 4) is 0 Å². The minimum Gasteiger partial charge on any atom is -0.465 e. The van der Waals surface area contributed by atoms with Crippen molar-refractivity contribution in [1.82, 2.24) is 10.6 Å². The Kier molecular flexibility index (Phi) is 14.7. The second-order valence-corrected chi connectivity index (χ2v) is 19.0. The van der Waals surface area contributed by atoms with Gasteiger partial charge in [0.05, 0.1) is 25.3 Å². The van der Waals surface area contributed by atoms with Crippen LogP contribution in [0.5, 0.6) is 0 Å². The summed E-state index contributed by atoms with van der Waals surface area (Å²) in [5.74, 6) is 0.281. The van der Waals surface area contributed by atoms with Crippen LogP contribution in [-0.2, 0) is 22.3 Å². The monoisotopic (exact) mass is 928 g/mol.